The third-order valence-electron chi connectivity index (χ3n) is 5.93. The van der Waals surface area contributed by atoms with Crippen molar-refractivity contribution in [3.63, 3.8) is 0 Å². The fourth-order valence-corrected chi connectivity index (χ4v) is 4.74. The summed E-state index contributed by atoms with van der Waals surface area (Å²) in [6.07, 6.45) is 5.70. The molecule has 180 valence electrons. The monoisotopic (exact) mass is 492 g/mol. The second-order valence-electron chi connectivity index (χ2n) is 8.33. The first kappa shape index (κ1) is 23.2. The lowest BCUT2D eigenvalue weighted by Gasteiger charge is -2.30. The topological polar surface area (TPSA) is 138 Å². The molecule has 0 fully saturated rings. The Hall–Kier alpha value is -3.54. The lowest BCUT2D eigenvalue weighted by Crippen LogP contribution is -2.45. The Kier molecular flexibility index (Phi) is 6.37. The lowest BCUT2D eigenvalue weighted by atomic mass is 9.87. The number of amides is 2. The first-order valence-corrected chi connectivity index (χ1v) is 12.1. The van der Waals surface area contributed by atoms with Gasteiger partial charge in [0.2, 0.25) is 11.8 Å². The number of methoxy groups -OCH3 is 1. The standard InChI is InChI=1S/C24H24N6O4S/c1-34-20-5-3-16-21(30-20)17(8-11-25-16)28-23(32)24(33)9-6-14(7-10-24)26-12-15-2-4-18-22(27-15)29-19(31)13-35-18/h2-6,8-9,11,14,26,33H,7,10,12-13H2,1H3,(H,25,28,32)(H,27,29,31)/t14-,24-/m1/s1. The van der Waals surface area contributed by atoms with Gasteiger partial charge in [0.15, 0.2) is 5.60 Å². The Morgan fingerprint density at radius 2 is 2.17 bits per heavy atom. The predicted molar refractivity (Wildman–Crippen MR) is 132 cm³/mol. The molecule has 4 N–H and O–H groups in total. The Morgan fingerprint density at radius 1 is 1.29 bits per heavy atom. The van der Waals surface area contributed by atoms with E-state index < -0.39 is 11.5 Å². The number of carbonyl (C=O) groups is 2. The molecular weight excluding hydrogens is 468 g/mol. The number of ether oxygens (including phenoxy) is 1. The molecule has 2 atom stereocenters. The van der Waals surface area contributed by atoms with Crippen LogP contribution in [0.2, 0.25) is 0 Å². The summed E-state index contributed by atoms with van der Waals surface area (Å²) in [5.41, 5.74) is 0.692. The maximum atomic E-state index is 13.0. The van der Waals surface area contributed by atoms with Crippen molar-refractivity contribution in [3.8, 4) is 5.88 Å². The molecule has 0 aromatic carbocycles. The summed E-state index contributed by atoms with van der Waals surface area (Å²) in [5.74, 6) is 0.807. The summed E-state index contributed by atoms with van der Waals surface area (Å²) in [7, 11) is 1.52. The van der Waals surface area contributed by atoms with Crippen LogP contribution in [-0.2, 0) is 16.1 Å². The van der Waals surface area contributed by atoms with E-state index in [0.717, 1.165) is 10.6 Å². The van der Waals surface area contributed by atoms with Crippen LogP contribution in [0.4, 0.5) is 11.5 Å². The summed E-state index contributed by atoms with van der Waals surface area (Å²) in [6, 6.07) is 8.94. The molecule has 1 aliphatic carbocycles. The first-order valence-electron chi connectivity index (χ1n) is 11.1. The van der Waals surface area contributed by atoms with Crippen LogP contribution in [0.15, 0.2) is 53.6 Å². The average Bonchev–Trinajstić information content (AvgIpc) is 2.88. The molecule has 0 radical (unpaired) electrons. The number of aliphatic hydroxyl groups is 1. The van der Waals surface area contributed by atoms with Crippen LogP contribution >= 0.6 is 11.8 Å². The van der Waals surface area contributed by atoms with Gasteiger partial charge in [0.05, 0.1) is 34.7 Å². The van der Waals surface area contributed by atoms with Crippen LogP contribution in [0.3, 0.4) is 0 Å². The molecule has 35 heavy (non-hydrogen) atoms. The molecule has 0 saturated heterocycles. The van der Waals surface area contributed by atoms with Crippen molar-refractivity contribution in [2.24, 2.45) is 0 Å². The number of nitrogens with one attached hydrogen (secondary N) is 3. The van der Waals surface area contributed by atoms with E-state index in [9.17, 15) is 14.7 Å². The molecule has 4 heterocycles. The van der Waals surface area contributed by atoms with E-state index in [-0.39, 0.29) is 18.4 Å². The second kappa shape index (κ2) is 9.61. The minimum absolute atomic E-state index is 0.0300. The highest BCUT2D eigenvalue weighted by molar-refractivity contribution is 8.00. The van der Waals surface area contributed by atoms with E-state index in [1.54, 1.807) is 30.5 Å². The molecule has 11 heteroatoms. The second-order valence-corrected chi connectivity index (χ2v) is 9.35. The number of rotatable bonds is 6. The number of anilines is 2. The van der Waals surface area contributed by atoms with Gasteiger partial charge in [-0.25, -0.2) is 9.97 Å². The van der Waals surface area contributed by atoms with Gasteiger partial charge in [-0.2, -0.15) is 0 Å². The van der Waals surface area contributed by atoms with Gasteiger partial charge in [0.25, 0.3) is 5.91 Å². The minimum atomic E-state index is -1.64. The summed E-state index contributed by atoms with van der Waals surface area (Å²) in [6.45, 7) is 0.490. The van der Waals surface area contributed by atoms with Crippen molar-refractivity contribution in [2.45, 2.75) is 35.9 Å². The van der Waals surface area contributed by atoms with Gasteiger partial charge in [-0.3, -0.25) is 14.6 Å². The van der Waals surface area contributed by atoms with Crippen molar-refractivity contribution in [1.82, 2.24) is 20.3 Å². The number of pyridine rings is 3. The zero-order valence-electron chi connectivity index (χ0n) is 18.9. The molecule has 10 nitrogen and oxygen atoms in total. The lowest BCUT2D eigenvalue weighted by molar-refractivity contribution is -0.130. The number of fused-ring (bicyclic) bond motifs is 2. The SMILES string of the molecule is COc1ccc2nccc(NC(=O)[C@@]3(O)C=C[C@@H](NCc4ccc5c(n4)NC(=O)CS5)CC3)c2n1. The van der Waals surface area contributed by atoms with Crippen LogP contribution in [0.25, 0.3) is 11.0 Å². The first-order chi connectivity index (χ1) is 16.9. The molecule has 0 saturated carbocycles. The molecule has 0 unspecified atom stereocenters. The predicted octanol–water partition coefficient (Wildman–Crippen LogP) is 2.26. The third-order valence-corrected chi connectivity index (χ3v) is 6.97. The third kappa shape index (κ3) is 4.97. The van der Waals surface area contributed by atoms with Crippen molar-refractivity contribution in [1.29, 1.82) is 0 Å². The zero-order chi connectivity index (χ0) is 24.4. The van der Waals surface area contributed by atoms with E-state index in [4.69, 9.17) is 4.74 Å². The summed E-state index contributed by atoms with van der Waals surface area (Å²) >= 11 is 1.47. The van der Waals surface area contributed by atoms with Crippen LogP contribution in [0.5, 0.6) is 5.88 Å². The Bertz CT molecular complexity index is 1330. The van der Waals surface area contributed by atoms with Gasteiger partial charge < -0.3 is 25.8 Å². The number of thioether (sulfide) groups is 1. The molecule has 2 aliphatic rings. The maximum Gasteiger partial charge on any atom is 0.260 e. The maximum absolute atomic E-state index is 13.0. The van der Waals surface area contributed by atoms with Gasteiger partial charge in [-0.05, 0) is 43.2 Å². The van der Waals surface area contributed by atoms with Crippen molar-refractivity contribution in [2.75, 3.05) is 23.5 Å². The normalized spacial score (nSPS) is 21.3. The fourth-order valence-electron chi connectivity index (χ4n) is 3.98. The molecular formula is C24H24N6O4S. The van der Waals surface area contributed by atoms with Crippen LogP contribution in [0, 0.1) is 0 Å². The number of hydrogen-bond donors (Lipinski definition) is 4. The highest BCUT2D eigenvalue weighted by Gasteiger charge is 2.36. The molecule has 0 spiro atoms. The summed E-state index contributed by atoms with van der Waals surface area (Å²) in [4.78, 5) is 38.7. The molecule has 3 aromatic rings. The van der Waals surface area contributed by atoms with Crippen molar-refractivity contribution in [3.05, 3.63) is 54.4 Å². The Balaban J connectivity index is 1.23. The average molecular weight is 493 g/mol. The molecule has 2 amide bonds. The van der Waals surface area contributed by atoms with E-state index in [0.29, 0.717) is 47.1 Å². The van der Waals surface area contributed by atoms with Gasteiger partial charge in [0.1, 0.15) is 11.3 Å². The number of hydrogen-bond acceptors (Lipinski definition) is 9. The molecule has 0 bridgehead atoms. The molecule has 1 aliphatic heterocycles. The highest BCUT2D eigenvalue weighted by atomic mass is 32.2. The van der Waals surface area contributed by atoms with Gasteiger partial charge in [-0.1, -0.05) is 6.08 Å². The smallest absolute Gasteiger partial charge is 0.260 e. The van der Waals surface area contributed by atoms with Crippen LogP contribution in [0.1, 0.15) is 18.5 Å². The van der Waals surface area contributed by atoms with E-state index in [2.05, 4.69) is 30.9 Å². The molecule has 5 rings (SSSR count). The van der Waals surface area contributed by atoms with Crippen molar-refractivity contribution >= 4 is 46.1 Å². The number of aromatic nitrogens is 3. The largest absolute Gasteiger partial charge is 0.481 e. The number of carbonyl (C=O) groups excluding carboxylic acids is 2. The van der Waals surface area contributed by atoms with Crippen molar-refractivity contribution < 1.29 is 19.4 Å². The Morgan fingerprint density at radius 3 is 2.97 bits per heavy atom. The highest BCUT2D eigenvalue weighted by Crippen LogP contribution is 2.30. The summed E-state index contributed by atoms with van der Waals surface area (Å²) < 4.78 is 5.17. The van der Waals surface area contributed by atoms with Crippen LogP contribution in [-0.4, -0.2) is 56.4 Å². The van der Waals surface area contributed by atoms with Crippen LogP contribution < -0.4 is 20.7 Å². The van der Waals surface area contributed by atoms with E-state index in [1.807, 2.05) is 12.1 Å². The quantitative estimate of drug-likeness (QED) is 0.382. The van der Waals surface area contributed by atoms with Gasteiger partial charge in [0, 0.05) is 24.8 Å². The Labute approximate surface area is 205 Å². The van der Waals surface area contributed by atoms with Gasteiger partial charge >= 0.3 is 0 Å². The minimum Gasteiger partial charge on any atom is -0.481 e. The van der Waals surface area contributed by atoms with E-state index in [1.165, 1.54) is 24.9 Å². The summed E-state index contributed by atoms with van der Waals surface area (Å²) in [5, 5.41) is 19.9. The fraction of sp³-hybridized carbons (Fsp3) is 0.292. The number of nitrogens with zero attached hydrogens (tertiary/aromatic N) is 3. The van der Waals surface area contributed by atoms with E-state index >= 15 is 0 Å². The molecule has 3 aromatic heterocycles. The van der Waals surface area contributed by atoms with Gasteiger partial charge in [-0.15, -0.1) is 11.8 Å². The zero-order valence-corrected chi connectivity index (χ0v) is 19.8.